The van der Waals surface area contributed by atoms with Crippen LogP contribution in [-0.4, -0.2) is 58.7 Å². The molecule has 2 N–H and O–H groups in total. The summed E-state index contributed by atoms with van der Waals surface area (Å²) in [7, 11) is 0. The Morgan fingerprint density at radius 3 is 1.67 bits per heavy atom. The molecule has 0 saturated heterocycles. The zero-order valence-corrected chi connectivity index (χ0v) is 28.7. The van der Waals surface area contributed by atoms with E-state index in [0.29, 0.717) is 13.1 Å². The molecule has 48 heavy (non-hydrogen) atoms. The van der Waals surface area contributed by atoms with E-state index in [-0.39, 0.29) is 64.2 Å². The number of aromatic carboxylic acids is 1. The summed E-state index contributed by atoms with van der Waals surface area (Å²) in [5.74, 6) is -1.68. The summed E-state index contributed by atoms with van der Waals surface area (Å²) in [6, 6.07) is 19.6. The number of aryl methyl sites for hydroxylation is 2. The molecule has 0 bridgehead atoms. The fourth-order valence-electron chi connectivity index (χ4n) is 4.84. The Morgan fingerprint density at radius 1 is 0.792 bits per heavy atom. The van der Waals surface area contributed by atoms with Crippen molar-refractivity contribution in [3.63, 3.8) is 0 Å². The Kier molecular flexibility index (Phi) is 12.7. The number of fused-ring (bicyclic) bond motifs is 2. The first kappa shape index (κ1) is 37.0. The van der Waals surface area contributed by atoms with Crippen molar-refractivity contribution < 1.29 is 54.5 Å². The van der Waals surface area contributed by atoms with Gasteiger partial charge in [-0.3, -0.25) is 19.3 Å². The van der Waals surface area contributed by atoms with Gasteiger partial charge in [-0.1, -0.05) is 12.1 Å². The fourth-order valence-corrected chi connectivity index (χ4v) is 4.84. The van der Waals surface area contributed by atoms with Gasteiger partial charge >= 0.3 is 41.5 Å². The molecule has 0 spiro atoms. The van der Waals surface area contributed by atoms with Gasteiger partial charge < -0.3 is 15.3 Å². The van der Waals surface area contributed by atoms with Crippen molar-refractivity contribution in [2.24, 2.45) is 0 Å². The minimum Gasteiger partial charge on any atom is -0.870 e. The van der Waals surface area contributed by atoms with E-state index in [2.05, 4.69) is 26.2 Å². The molecule has 0 fully saturated rings. The van der Waals surface area contributed by atoms with Crippen LogP contribution in [-0.2, 0) is 17.8 Å². The Morgan fingerprint density at radius 2 is 1.25 bits per heavy atom. The number of hydrogen-bond acceptors (Lipinski definition) is 10. The van der Waals surface area contributed by atoms with E-state index >= 15 is 0 Å². The van der Waals surface area contributed by atoms with E-state index in [4.69, 9.17) is 20.4 Å². The van der Waals surface area contributed by atoms with Gasteiger partial charge in [-0.2, -0.15) is 20.7 Å². The van der Waals surface area contributed by atoms with Crippen LogP contribution in [0.4, 0.5) is 0 Å². The number of rotatable bonds is 7. The fraction of sp³-hybridized carbons (Fsp3) is 0.176. The van der Waals surface area contributed by atoms with Crippen LogP contribution in [0.15, 0.2) is 73.3 Å². The minimum atomic E-state index is -1.15. The second-order valence-electron chi connectivity index (χ2n) is 10.5. The van der Waals surface area contributed by atoms with Gasteiger partial charge in [0.05, 0.1) is 30.7 Å². The molecule has 0 amide bonds. The molecule has 0 radical (unpaired) electrons. The number of pyridine rings is 2. The molecular weight excluding hydrogens is 623 g/mol. The van der Waals surface area contributed by atoms with Crippen LogP contribution in [0.2, 0.25) is 0 Å². The van der Waals surface area contributed by atoms with Crippen LogP contribution in [0.25, 0.3) is 21.8 Å². The number of hydrogen-bond donors (Lipinski definition) is 1. The van der Waals surface area contributed by atoms with Crippen molar-refractivity contribution in [3.05, 3.63) is 118 Å². The molecule has 0 unspecified atom stereocenters. The summed E-state index contributed by atoms with van der Waals surface area (Å²) in [6.07, 6.45) is 6.57. The molecule has 0 aliphatic rings. The van der Waals surface area contributed by atoms with E-state index in [1.54, 1.807) is 23.9 Å². The van der Waals surface area contributed by atoms with Gasteiger partial charge in [0.1, 0.15) is 23.3 Å². The van der Waals surface area contributed by atoms with Crippen molar-refractivity contribution >= 4 is 33.7 Å². The number of carbonyl (C=O) groups is 2. The molecule has 0 aliphatic heterocycles. The maximum Gasteiger partial charge on any atom is 1.00 e. The summed E-state index contributed by atoms with van der Waals surface area (Å²) in [5, 5.41) is 37.3. The van der Waals surface area contributed by atoms with Crippen LogP contribution in [0.5, 0.6) is 0 Å². The average molecular weight is 653 g/mol. The molecule has 0 atom stereocenters. The van der Waals surface area contributed by atoms with Crippen LogP contribution < -0.4 is 29.6 Å². The van der Waals surface area contributed by atoms with Crippen molar-refractivity contribution in [2.75, 3.05) is 6.61 Å². The van der Waals surface area contributed by atoms with Crippen LogP contribution in [0.3, 0.4) is 0 Å². The Labute approximate surface area is 297 Å². The van der Waals surface area contributed by atoms with E-state index in [9.17, 15) is 9.59 Å². The third kappa shape index (κ3) is 8.67. The number of benzene rings is 2. The van der Waals surface area contributed by atoms with Gasteiger partial charge in [0.25, 0.3) is 0 Å². The van der Waals surface area contributed by atoms with Gasteiger partial charge in [-0.25, -0.2) is 9.59 Å². The molecule has 6 rings (SSSR count). The largest absolute Gasteiger partial charge is 1.00 e. The zero-order chi connectivity index (χ0) is 32.8. The molecular formula is C34H29N8NaO5. The van der Waals surface area contributed by atoms with E-state index in [1.165, 1.54) is 10.9 Å². The smallest absolute Gasteiger partial charge is 0.870 e. The predicted octanol–water partition coefficient (Wildman–Crippen LogP) is 2.02. The number of aromatic nitrogens is 6. The van der Waals surface area contributed by atoms with Gasteiger partial charge in [0.15, 0.2) is 11.4 Å². The monoisotopic (exact) mass is 652 g/mol. The van der Waals surface area contributed by atoms with Gasteiger partial charge in [-0.15, -0.1) is 0 Å². The third-order valence-corrected chi connectivity index (χ3v) is 6.91. The number of nitrogens with zero attached hydrogens (tertiary/aromatic N) is 8. The van der Waals surface area contributed by atoms with Crippen molar-refractivity contribution in [2.45, 2.75) is 33.9 Å². The number of carboxylic acids is 1. The second kappa shape index (κ2) is 16.4. The predicted molar refractivity (Wildman–Crippen MR) is 170 cm³/mol. The van der Waals surface area contributed by atoms with E-state index < -0.39 is 11.9 Å². The number of nitriles is 2. The quantitative estimate of drug-likeness (QED) is 0.195. The van der Waals surface area contributed by atoms with Crippen LogP contribution in [0, 0.1) is 36.5 Å². The average Bonchev–Trinajstić information content (AvgIpc) is 3.65. The van der Waals surface area contributed by atoms with Crippen LogP contribution in [0.1, 0.15) is 61.3 Å². The maximum absolute atomic E-state index is 11.9. The van der Waals surface area contributed by atoms with E-state index in [1.807, 2.05) is 74.8 Å². The Balaban J connectivity index is 0.000000251. The molecule has 4 heterocycles. The molecule has 0 aliphatic carbocycles. The van der Waals surface area contributed by atoms with Crippen molar-refractivity contribution in [1.82, 2.24) is 29.5 Å². The Hall–Kier alpha value is -5.44. The summed E-state index contributed by atoms with van der Waals surface area (Å²) >= 11 is 0. The first-order chi connectivity index (χ1) is 22.2. The number of ether oxygens (including phenoxy) is 1. The summed E-state index contributed by atoms with van der Waals surface area (Å²) in [6.45, 7) is 6.80. The maximum atomic E-state index is 11.9. The third-order valence-electron chi connectivity index (χ3n) is 6.91. The summed E-state index contributed by atoms with van der Waals surface area (Å²) in [5.41, 5.74) is 6.07. The molecule has 4 aromatic heterocycles. The van der Waals surface area contributed by atoms with Crippen LogP contribution >= 0.6 is 0 Å². The second-order valence-corrected chi connectivity index (χ2v) is 10.5. The summed E-state index contributed by atoms with van der Waals surface area (Å²) in [4.78, 5) is 31.6. The van der Waals surface area contributed by atoms with Gasteiger partial charge in [0.2, 0.25) is 0 Å². The number of carbonyl (C=O) groups excluding carboxylic acids is 1. The number of esters is 1. The minimum absolute atomic E-state index is 0. The molecule has 0 saturated carbocycles. The molecule has 236 valence electrons. The van der Waals surface area contributed by atoms with E-state index in [0.717, 1.165) is 44.1 Å². The van der Waals surface area contributed by atoms with Gasteiger partial charge in [0, 0.05) is 35.6 Å². The molecule has 2 aromatic carbocycles. The molecule has 13 nitrogen and oxygen atoms in total. The van der Waals surface area contributed by atoms with Gasteiger partial charge in [-0.05, 0) is 79.4 Å². The SMILES string of the molecule is CCOC(=O)c1cn(Cc2ccc3ncc(C)cc3c2)nc1C#N.Cc1cnc2ccc(Cn3cc(C(=O)O)c(C#N)n3)cc2c1.[Na+].[OH-]. The molecule has 14 heteroatoms. The zero-order valence-electron chi connectivity index (χ0n) is 26.7. The first-order valence-corrected chi connectivity index (χ1v) is 14.2. The standard InChI is InChI=1S/C18H16N4O2.C16H12N4O2.Na.H2O/c1-3-24-18(23)15-11-22(21-17(15)8-19)10-13-4-5-16-14(7-13)6-12(2)9-20-16;1-10-4-12-5-11(2-3-14(12)18-7-10)8-20-9-13(16(21)22)15(6-17)19-20;;/h4-7,9,11H,3,10H2,1-2H3;2-5,7,9H,8H2,1H3,(H,21,22);;1H2/q;;+1;/p-1. The summed E-state index contributed by atoms with van der Waals surface area (Å²) < 4.78 is 8.00. The topological polar surface area (TPSA) is 203 Å². The molecule has 6 aromatic rings. The Bertz CT molecular complexity index is 2200. The van der Waals surface area contributed by atoms with Crippen molar-refractivity contribution in [3.8, 4) is 12.1 Å². The first-order valence-electron chi connectivity index (χ1n) is 14.2. The normalized spacial score (nSPS) is 10.1. The van der Waals surface area contributed by atoms with Crippen molar-refractivity contribution in [1.29, 1.82) is 10.5 Å². The number of carboxylic acid groups (broad SMARTS) is 1.